The average molecular weight is 290 g/mol. The number of benzene rings is 1. The molecule has 4 nitrogen and oxygen atoms in total. The number of carbonyl (C=O) groups is 1. The van der Waals surface area contributed by atoms with Crippen LogP contribution >= 0.6 is 0 Å². The highest BCUT2D eigenvalue weighted by Gasteiger charge is 2.21. The van der Waals surface area contributed by atoms with Crippen LogP contribution in [0.5, 0.6) is 0 Å². The molecule has 0 bridgehead atoms. The number of hydrogen-bond donors (Lipinski definition) is 2. The SMILES string of the molecule is CCOC(=O)c1cccc(NCC2CCCCC2C)c1N. The van der Waals surface area contributed by atoms with E-state index in [1.165, 1.54) is 25.7 Å². The van der Waals surface area contributed by atoms with Gasteiger partial charge in [0.15, 0.2) is 0 Å². The molecular weight excluding hydrogens is 264 g/mol. The highest BCUT2D eigenvalue weighted by molar-refractivity contribution is 5.98. The van der Waals surface area contributed by atoms with E-state index < -0.39 is 0 Å². The maximum Gasteiger partial charge on any atom is 0.340 e. The lowest BCUT2D eigenvalue weighted by molar-refractivity contribution is 0.0527. The monoisotopic (exact) mass is 290 g/mol. The highest BCUT2D eigenvalue weighted by Crippen LogP contribution is 2.31. The summed E-state index contributed by atoms with van der Waals surface area (Å²) in [5.74, 6) is 1.08. The van der Waals surface area contributed by atoms with Gasteiger partial charge in [-0.15, -0.1) is 0 Å². The average Bonchev–Trinajstić information content (AvgIpc) is 2.48. The second-order valence-corrected chi connectivity index (χ2v) is 5.89. The van der Waals surface area contributed by atoms with Gasteiger partial charge in [0.05, 0.1) is 23.5 Å². The third kappa shape index (κ3) is 3.90. The fraction of sp³-hybridized carbons (Fsp3) is 0.588. The van der Waals surface area contributed by atoms with Crippen molar-refractivity contribution in [1.29, 1.82) is 0 Å². The van der Waals surface area contributed by atoms with Gasteiger partial charge in [-0.2, -0.15) is 0 Å². The Kier molecular flexibility index (Phi) is 5.48. The summed E-state index contributed by atoms with van der Waals surface area (Å²) in [6.07, 6.45) is 5.24. The number of anilines is 2. The summed E-state index contributed by atoms with van der Waals surface area (Å²) in [5.41, 5.74) is 7.86. The van der Waals surface area contributed by atoms with Crippen LogP contribution in [-0.4, -0.2) is 19.1 Å². The third-order valence-electron chi connectivity index (χ3n) is 4.45. The number of carbonyl (C=O) groups excluding carboxylic acids is 1. The number of rotatable bonds is 5. The number of nitrogens with one attached hydrogen (secondary N) is 1. The van der Waals surface area contributed by atoms with Crippen LogP contribution < -0.4 is 11.1 Å². The largest absolute Gasteiger partial charge is 0.462 e. The molecule has 1 aromatic carbocycles. The van der Waals surface area contributed by atoms with E-state index in [0.29, 0.717) is 23.8 Å². The molecule has 1 fully saturated rings. The molecule has 0 aromatic heterocycles. The molecule has 0 aliphatic heterocycles. The molecule has 1 aromatic rings. The van der Waals surface area contributed by atoms with E-state index in [1.54, 1.807) is 13.0 Å². The van der Waals surface area contributed by atoms with E-state index in [0.717, 1.165) is 18.2 Å². The maximum absolute atomic E-state index is 11.8. The lowest BCUT2D eigenvalue weighted by Crippen LogP contribution is -2.24. The summed E-state index contributed by atoms with van der Waals surface area (Å²) in [6.45, 7) is 5.39. The molecule has 0 spiro atoms. The Morgan fingerprint density at radius 2 is 2.14 bits per heavy atom. The van der Waals surface area contributed by atoms with Gasteiger partial charge in [0.25, 0.3) is 0 Å². The quantitative estimate of drug-likeness (QED) is 0.641. The molecule has 0 saturated heterocycles. The highest BCUT2D eigenvalue weighted by atomic mass is 16.5. The van der Waals surface area contributed by atoms with Crippen LogP contribution in [0.3, 0.4) is 0 Å². The predicted octanol–water partition coefficient (Wildman–Crippen LogP) is 3.68. The molecule has 3 N–H and O–H groups in total. The van der Waals surface area contributed by atoms with Crippen molar-refractivity contribution in [3.05, 3.63) is 23.8 Å². The maximum atomic E-state index is 11.8. The molecule has 4 heteroatoms. The second kappa shape index (κ2) is 7.34. The molecule has 21 heavy (non-hydrogen) atoms. The molecule has 2 rings (SSSR count). The Labute approximate surface area is 127 Å². The van der Waals surface area contributed by atoms with Gasteiger partial charge in [-0.3, -0.25) is 0 Å². The zero-order chi connectivity index (χ0) is 15.2. The molecule has 2 atom stereocenters. The zero-order valence-corrected chi connectivity index (χ0v) is 13.0. The van der Waals surface area contributed by atoms with Crippen molar-refractivity contribution in [2.24, 2.45) is 11.8 Å². The summed E-state index contributed by atoms with van der Waals surface area (Å²) >= 11 is 0. The van der Waals surface area contributed by atoms with Gasteiger partial charge in [0, 0.05) is 6.54 Å². The minimum Gasteiger partial charge on any atom is -0.462 e. The van der Waals surface area contributed by atoms with Gasteiger partial charge in [-0.1, -0.05) is 32.3 Å². The number of nitrogens with two attached hydrogens (primary N) is 1. The number of hydrogen-bond acceptors (Lipinski definition) is 4. The fourth-order valence-corrected chi connectivity index (χ4v) is 3.04. The van der Waals surface area contributed by atoms with Crippen molar-refractivity contribution in [2.75, 3.05) is 24.2 Å². The van der Waals surface area contributed by atoms with Crippen molar-refractivity contribution in [3.8, 4) is 0 Å². The van der Waals surface area contributed by atoms with Gasteiger partial charge in [0.2, 0.25) is 0 Å². The first kappa shape index (κ1) is 15.7. The van der Waals surface area contributed by atoms with Gasteiger partial charge in [-0.05, 0) is 37.3 Å². The Morgan fingerprint density at radius 1 is 1.38 bits per heavy atom. The fourth-order valence-electron chi connectivity index (χ4n) is 3.04. The molecule has 0 radical (unpaired) electrons. The van der Waals surface area contributed by atoms with Crippen molar-refractivity contribution >= 4 is 17.3 Å². The molecule has 0 heterocycles. The molecule has 1 saturated carbocycles. The summed E-state index contributed by atoms with van der Waals surface area (Å²) < 4.78 is 5.03. The van der Waals surface area contributed by atoms with Crippen molar-refractivity contribution in [1.82, 2.24) is 0 Å². The first-order chi connectivity index (χ1) is 10.1. The zero-order valence-electron chi connectivity index (χ0n) is 13.0. The predicted molar refractivity (Wildman–Crippen MR) is 86.4 cm³/mol. The van der Waals surface area contributed by atoms with Crippen molar-refractivity contribution < 1.29 is 9.53 Å². The molecular formula is C17H26N2O2. The van der Waals surface area contributed by atoms with Crippen LogP contribution in [0.1, 0.15) is 49.9 Å². The Balaban J connectivity index is 2.03. The Hall–Kier alpha value is -1.71. The number of nitrogen functional groups attached to an aromatic ring is 1. The van der Waals surface area contributed by atoms with Crippen LogP contribution in [0.15, 0.2) is 18.2 Å². The standard InChI is InChI=1S/C17H26N2O2/c1-3-21-17(20)14-9-6-10-15(16(14)18)19-11-13-8-5-4-7-12(13)2/h6,9-10,12-13,19H,3-5,7-8,11,18H2,1-2H3. The molecule has 116 valence electrons. The van der Waals surface area contributed by atoms with Gasteiger partial charge < -0.3 is 15.8 Å². The molecule has 2 unspecified atom stereocenters. The number of ether oxygens (including phenoxy) is 1. The second-order valence-electron chi connectivity index (χ2n) is 5.89. The lowest BCUT2D eigenvalue weighted by Gasteiger charge is -2.29. The smallest absolute Gasteiger partial charge is 0.340 e. The van der Waals surface area contributed by atoms with Crippen LogP contribution in [-0.2, 0) is 4.74 Å². The normalized spacial score (nSPS) is 21.8. The Bertz CT molecular complexity index is 488. The molecule has 1 aliphatic carbocycles. The number of para-hydroxylation sites is 1. The van der Waals surface area contributed by atoms with Gasteiger partial charge in [0.1, 0.15) is 0 Å². The third-order valence-corrected chi connectivity index (χ3v) is 4.45. The van der Waals surface area contributed by atoms with E-state index in [4.69, 9.17) is 10.5 Å². The number of esters is 1. The lowest BCUT2D eigenvalue weighted by atomic mass is 9.80. The minimum atomic E-state index is -0.357. The van der Waals surface area contributed by atoms with Crippen LogP contribution in [0.2, 0.25) is 0 Å². The van der Waals surface area contributed by atoms with Crippen molar-refractivity contribution in [3.63, 3.8) is 0 Å². The first-order valence-electron chi connectivity index (χ1n) is 7.93. The summed E-state index contributed by atoms with van der Waals surface area (Å²) in [7, 11) is 0. The first-order valence-corrected chi connectivity index (χ1v) is 7.93. The van der Waals surface area contributed by atoms with E-state index in [2.05, 4.69) is 12.2 Å². The topological polar surface area (TPSA) is 64.3 Å². The summed E-state index contributed by atoms with van der Waals surface area (Å²) in [5, 5.41) is 3.42. The van der Waals surface area contributed by atoms with E-state index in [1.807, 2.05) is 12.1 Å². The van der Waals surface area contributed by atoms with Gasteiger partial charge in [-0.25, -0.2) is 4.79 Å². The van der Waals surface area contributed by atoms with E-state index >= 15 is 0 Å². The summed E-state index contributed by atoms with van der Waals surface area (Å²) in [4.78, 5) is 11.8. The molecule has 0 amide bonds. The Morgan fingerprint density at radius 3 is 2.86 bits per heavy atom. The van der Waals surface area contributed by atoms with Crippen LogP contribution in [0.4, 0.5) is 11.4 Å². The van der Waals surface area contributed by atoms with Crippen LogP contribution in [0, 0.1) is 11.8 Å². The van der Waals surface area contributed by atoms with Gasteiger partial charge >= 0.3 is 5.97 Å². The minimum absolute atomic E-state index is 0.357. The van der Waals surface area contributed by atoms with E-state index in [-0.39, 0.29) is 5.97 Å². The van der Waals surface area contributed by atoms with E-state index in [9.17, 15) is 4.79 Å². The summed E-state index contributed by atoms with van der Waals surface area (Å²) in [6, 6.07) is 5.47. The van der Waals surface area contributed by atoms with Crippen molar-refractivity contribution in [2.45, 2.75) is 39.5 Å². The van der Waals surface area contributed by atoms with Crippen LogP contribution in [0.25, 0.3) is 0 Å². The molecule has 1 aliphatic rings.